The van der Waals surface area contributed by atoms with Crippen LogP contribution < -0.4 is 10.9 Å². The third-order valence-electron chi connectivity index (χ3n) is 4.40. The standard InChI is InChI=1S/C18H21N3O2/c1-13(11-20-18(23)16-7-4-9-19-17(16)22)21-10-8-14-5-2-3-6-15(14)12-21/h2-7,9,13H,8,10-12H2,1H3,(H,19,22)(H,20,23). The molecule has 0 radical (unpaired) electrons. The number of amides is 1. The summed E-state index contributed by atoms with van der Waals surface area (Å²) in [6.07, 6.45) is 2.56. The minimum atomic E-state index is -0.357. The zero-order valence-corrected chi connectivity index (χ0v) is 13.2. The summed E-state index contributed by atoms with van der Waals surface area (Å²) < 4.78 is 0. The summed E-state index contributed by atoms with van der Waals surface area (Å²) in [5, 5.41) is 2.86. The van der Waals surface area contributed by atoms with E-state index in [4.69, 9.17) is 0 Å². The third kappa shape index (κ3) is 3.51. The van der Waals surface area contributed by atoms with Crippen LogP contribution in [0.4, 0.5) is 0 Å². The number of benzene rings is 1. The lowest BCUT2D eigenvalue weighted by Gasteiger charge is -2.33. The fourth-order valence-electron chi connectivity index (χ4n) is 2.96. The minimum Gasteiger partial charge on any atom is -0.350 e. The molecule has 0 fully saturated rings. The first kappa shape index (κ1) is 15.5. The van der Waals surface area contributed by atoms with Crippen molar-refractivity contribution in [3.63, 3.8) is 0 Å². The lowest BCUT2D eigenvalue weighted by Crippen LogP contribution is -2.45. The molecule has 23 heavy (non-hydrogen) atoms. The van der Waals surface area contributed by atoms with Crippen molar-refractivity contribution in [2.75, 3.05) is 13.1 Å². The maximum absolute atomic E-state index is 12.1. The van der Waals surface area contributed by atoms with Gasteiger partial charge in [-0.3, -0.25) is 14.5 Å². The maximum Gasteiger partial charge on any atom is 0.260 e. The third-order valence-corrected chi connectivity index (χ3v) is 4.40. The smallest absolute Gasteiger partial charge is 0.260 e. The molecule has 1 aliphatic heterocycles. The molecule has 1 amide bonds. The average Bonchev–Trinajstić information content (AvgIpc) is 2.59. The number of aromatic nitrogens is 1. The van der Waals surface area contributed by atoms with E-state index in [1.165, 1.54) is 23.4 Å². The van der Waals surface area contributed by atoms with E-state index in [9.17, 15) is 9.59 Å². The number of fused-ring (bicyclic) bond motifs is 1. The Morgan fingerprint density at radius 3 is 2.83 bits per heavy atom. The van der Waals surface area contributed by atoms with E-state index in [1.807, 2.05) is 0 Å². The van der Waals surface area contributed by atoms with E-state index in [-0.39, 0.29) is 23.1 Å². The van der Waals surface area contributed by atoms with E-state index in [2.05, 4.69) is 46.4 Å². The summed E-state index contributed by atoms with van der Waals surface area (Å²) >= 11 is 0. The molecular weight excluding hydrogens is 290 g/mol. The van der Waals surface area contributed by atoms with E-state index in [1.54, 1.807) is 6.07 Å². The number of carbonyl (C=O) groups is 1. The summed E-state index contributed by atoms with van der Waals surface area (Å²) in [6, 6.07) is 11.9. The largest absolute Gasteiger partial charge is 0.350 e. The van der Waals surface area contributed by atoms with E-state index >= 15 is 0 Å². The molecular formula is C18H21N3O2. The Morgan fingerprint density at radius 1 is 1.26 bits per heavy atom. The van der Waals surface area contributed by atoms with Crippen LogP contribution in [0.5, 0.6) is 0 Å². The molecule has 1 aliphatic rings. The highest BCUT2D eigenvalue weighted by molar-refractivity contribution is 5.93. The maximum atomic E-state index is 12.1. The molecule has 2 aromatic rings. The van der Waals surface area contributed by atoms with Crippen molar-refractivity contribution in [3.8, 4) is 0 Å². The number of hydrogen-bond donors (Lipinski definition) is 2. The topological polar surface area (TPSA) is 65.2 Å². The van der Waals surface area contributed by atoms with E-state index < -0.39 is 0 Å². The Bertz CT molecular complexity index is 754. The van der Waals surface area contributed by atoms with Gasteiger partial charge in [0.2, 0.25) is 0 Å². The second-order valence-electron chi connectivity index (χ2n) is 5.96. The van der Waals surface area contributed by atoms with Crippen LogP contribution in [0.15, 0.2) is 47.4 Å². The highest BCUT2D eigenvalue weighted by atomic mass is 16.2. The number of nitrogens with zero attached hydrogens (tertiary/aromatic N) is 1. The number of rotatable bonds is 4. The molecule has 0 saturated heterocycles. The SMILES string of the molecule is CC(CNC(=O)c1ccc[nH]c1=O)N1CCc2ccccc2C1. The Labute approximate surface area is 135 Å². The number of pyridine rings is 1. The first-order chi connectivity index (χ1) is 11.1. The van der Waals surface area contributed by atoms with Gasteiger partial charge in [0.05, 0.1) is 0 Å². The quantitative estimate of drug-likeness (QED) is 0.900. The summed E-state index contributed by atoms with van der Waals surface area (Å²) in [7, 11) is 0. The van der Waals surface area contributed by atoms with Crippen LogP contribution in [0.1, 0.15) is 28.4 Å². The molecule has 3 rings (SSSR count). The summed E-state index contributed by atoms with van der Waals surface area (Å²) in [5.74, 6) is -0.323. The number of aromatic amines is 1. The van der Waals surface area contributed by atoms with Crippen molar-refractivity contribution >= 4 is 5.91 Å². The van der Waals surface area contributed by atoms with Crippen LogP contribution in [0.2, 0.25) is 0 Å². The van der Waals surface area contributed by atoms with Crippen molar-refractivity contribution in [2.45, 2.75) is 25.9 Å². The number of hydrogen-bond acceptors (Lipinski definition) is 3. The monoisotopic (exact) mass is 311 g/mol. The van der Waals surface area contributed by atoms with Gasteiger partial charge in [-0.15, -0.1) is 0 Å². The average molecular weight is 311 g/mol. The molecule has 5 nitrogen and oxygen atoms in total. The lowest BCUT2D eigenvalue weighted by atomic mass is 9.99. The molecule has 0 spiro atoms. The molecule has 0 saturated carbocycles. The number of carbonyl (C=O) groups excluding carboxylic acids is 1. The van der Waals surface area contributed by atoms with Gasteiger partial charge in [0.1, 0.15) is 5.56 Å². The van der Waals surface area contributed by atoms with Crippen molar-refractivity contribution in [1.82, 2.24) is 15.2 Å². The molecule has 120 valence electrons. The molecule has 1 aromatic carbocycles. The molecule has 2 heterocycles. The van der Waals surface area contributed by atoms with Crippen LogP contribution in [0, 0.1) is 0 Å². The van der Waals surface area contributed by atoms with Gasteiger partial charge < -0.3 is 10.3 Å². The van der Waals surface area contributed by atoms with Gasteiger partial charge in [0.15, 0.2) is 0 Å². The van der Waals surface area contributed by atoms with Gasteiger partial charge in [-0.05, 0) is 36.6 Å². The number of nitrogens with one attached hydrogen (secondary N) is 2. The zero-order valence-electron chi connectivity index (χ0n) is 13.2. The van der Waals surface area contributed by atoms with Crippen molar-refractivity contribution < 1.29 is 4.79 Å². The van der Waals surface area contributed by atoms with Crippen LogP contribution in [-0.4, -0.2) is 34.9 Å². The van der Waals surface area contributed by atoms with Crippen LogP contribution in [0.3, 0.4) is 0 Å². The highest BCUT2D eigenvalue weighted by Gasteiger charge is 2.21. The Kier molecular flexibility index (Phi) is 4.57. The summed E-state index contributed by atoms with van der Waals surface area (Å²) in [5.41, 5.74) is 2.57. The molecule has 0 bridgehead atoms. The van der Waals surface area contributed by atoms with Crippen LogP contribution in [-0.2, 0) is 13.0 Å². The summed E-state index contributed by atoms with van der Waals surface area (Å²) in [6.45, 7) is 4.51. The van der Waals surface area contributed by atoms with Gasteiger partial charge in [0, 0.05) is 31.9 Å². The first-order valence-corrected chi connectivity index (χ1v) is 7.92. The molecule has 1 aromatic heterocycles. The molecule has 2 N–H and O–H groups in total. The van der Waals surface area contributed by atoms with Crippen LogP contribution in [0.25, 0.3) is 0 Å². The van der Waals surface area contributed by atoms with E-state index in [0.717, 1.165) is 19.5 Å². The molecule has 0 aliphatic carbocycles. The van der Waals surface area contributed by atoms with Gasteiger partial charge in [-0.25, -0.2) is 0 Å². The summed E-state index contributed by atoms with van der Waals surface area (Å²) in [4.78, 5) is 28.6. The minimum absolute atomic E-state index is 0.156. The van der Waals surface area contributed by atoms with Gasteiger partial charge in [-0.2, -0.15) is 0 Å². The molecule has 1 atom stereocenters. The van der Waals surface area contributed by atoms with Crippen LogP contribution >= 0.6 is 0 Å². The van der Waals surface area contributed by atoms with E-state index in [0.29, 0.717) is 6.54 Å². The normalized spacial score (nSPS) is 15.7. The second kappa shape index (κ2) is 6.79. The zero-order chi connectivity index (χ0) is 16.2. The van der Waals surface area contributed by atoms with Gasteiger partial charge in [-0.1, -0.05) is 24.3 Å². The van der Waals surface area contributed by atoms with Crippen molar-refractivity contribution in [3.05, 3.63) is 69.6 Å². The van der Waals surface area contributed by atoms with Crippen molar-refractivity contribution in [2.24, 2.45) is 0 Å². The molecule has 5 heteroatoms. The van der Waals surface area contributed by atoms with Gasteiger partial charge >= 0.3 is 0 Å². The first-order valence-electron chi connectivity index (χ1n) is 7.92. The predicted molar refractivity (Wildman–Crippen MR) is 89.4 cm³/mol. The fourth-order valence-corrected chi connectivity index (χ4v) is 2.96. The Morgan fingerprint density at radius 2 is 2.04 bits per heavy atom. The highest BCUT2D eigenvalue weighted by Crippen LogP contribution is 2.19. The molecule has 1 unspecified atom stereocenters. The lowest BCUT2D eigenvalue weighted by molar-refractivity contribution is 0.0931. The fraction of sp³-hybridized carbons (Fsp3) is 0.333. The van der Waals surface area contributed by atoms with Crippen molar-refractivity contribution in [1.29, 1.82) is 0 Å². The predicted octanol–water partition coefficient (Wildman–Crippen LogP) is 1.55. The Hall–Kier alpha value is -2.40. The Balaban J connectivity index is 1.58. The number of H-pyrrole nitrogens is 1. The second-order valence-corrected chi connectivity index (χ2v) is 5.96. The van der Waals surface area contributed by atoms with Gasteiger partial charge in [0.25, 0.3) is 11.5 Å².